The van der Waals surface area contributed by atoms with Gasteiger partial charge in [0.25, 0.3) is 0 Å². The Kier molecular flexibility index (Phi) is 2.81. The minimum Gasteiger partial charge on any atom is -0.302 e. The van der Waals surface area contributed by atoms with E-state index >= 15 is 0 Å². The standard InChI is InChI=1S/C10H8ClN5/c1-7-13-4-5-16(7)10-3-2-8(14-15-12)6-9(10)11/h2-6H,1H3. The lowest BCUT2D eigenvalue weighted by atomic mass is 10.3. The van der Waals surface area contributed by atoms with Crippen LogP contribution in [0.3, 0.4) is 0 Å². The maximum atomic E-state index is 8.31. The summed E-state index contributed by atoms with van der Waals surface area (Å²) < 4.78 is 1.86. The summed E-state index contributed by atoms with van der Waals surface area (Å²) in [4.78, 5) is 6.82. The molecule has 1 aromatic heterocycles. The fourth-order valence-electron chi connectivity index (χ4n) is 1.44. The molecule has 80 valence electrons. The number of imidazole rings is 1. The second-order valence-corrected chi connectivity index (χ2v) is 3.58. The number of aryl methyl sites for hydroxylation is 1. The molecule has 0 saturated heterocycles. The first-order valence-electron chi connectivity index (χ1n) is 4.57. The number of benzene rings is 1. The van der Waals surface area contributed by atoms with Crippen LogP contribution in [-0.2, 0) is 0 Å². The lowest BCUT2D eigenvalue weighted by molar-refractivity contribution is 0.975. The third-order valence-corrected chi connectivity index (χ3v) is 2.48. The smallest absolute Gasteiger partial charge is 0.110 e. The highest BCUT2D eigenvalue weighted by Gasteiger charge is 2.05. The molecule has 16 heavy (non-hydrogen) atoms. The van der Waals surface area contributed by atoms with E-state index in [-0.39, 0.29) is 0 Å². The summed E-state index contributed by atoms with van der Waals surface area (Å²) in [7, 11) is 0. The Morgan fingerprint density at radius 3 is 2.88 bits per heavy atom. The van der Waals surface area contributed by atoms with E-state index in [1.807, 2.05) is 17.7 Å². The Hall–Kier alpha value is -1.97. The van der Waals surface area contributed by atoms with Crippen LogP contribution < -0.4 is 0 Å². The molecule has 0 bridgehead atoms. The fourth-order valence-corrected chi connectivity index (χ4v) is 1.70. The lowest BCUT2D eigenvalue weighted by Gasteiger charge is -2.07. The van der Waals surface area contributed by atoms with Crippen molar-refractivity contribution in [1.82, 2.24) is 9.55 Å². The summed E-state index contributed by atoms with van der Waals surface area (Å²) in [6, 6.07) is 5.12. The van der Waals surface area contributed by atoms with Crippen molar-refractivity contribution in [3.05, 3.63) is 51.9 Å². The van der Waals surface area contributed by atoms with E-state index in [1.54, 1.807) is 24.4 Å². The molecule has 0 amide bonds. The predicted molar refractivity (Wildman–Crippen MR) is 62.1 cm³/mol. The van der Waals surface area contributed by atoms with Crippen LogP contribution in [0.4, 0.5) is 5.69 Å². The summed E-state index contributed by atoms with van der Waals surface area (Å²) in [5.74, 6) is 0.846. The number of nitrogens with zero attached hydrogens (tertiary/aromatic N) is 5. The van der Waals surface area contributed by atoms with Crippen LogP contribution in [0, 0.1) is 6.92 Å². The van der Waals surface area contributed by atoms with Gasteiger partial charge in [0, 0.05) is 23.0 Å². The van der Waals surface area contributed by atoms with Gasteiger partial charge in [0.05, 0.1) is 10.7 Å². The number of azide groups is 1. The third-order valence-electron chi connectivity index (χ3n) is 2.18. The first-order chi connectivity index (χ1) is 7.72. The number of aromatic nitrogens is 2. The number of hydrogen-bond acceptors (Lipinski definition) is 2. The van der Waals surface area contributed by atoms with E-state index in [9.17, 15) is 0 Å². The van der Waals surface area contributed by atoms with Gasteiger partial charge < -0.3 is 4.57 Å². The molecule has 0 radical (unpaired) electrons. The van der Waals surface area contributed by atoms with Gasteiger partial charge in [0.15, 0.2) is 0 Å². The molecule has 2 rings (SSSR count). The van der Waals surface area contributed by atoms with Crippen molar-refractivity contribution in [2.45, 2.75) is 6.92 Å². The summed E-state index contributed by atoms with van der Waals surface area (Å²) in [6.07, 6.45) is 3.52. The van der Waals surface area contributed by atoms with Gasteiger partial charge in [-0.2, -0.15) is 0 Å². The van der Waals surface area contributed by atoms with Gasteiger partial charge in [-0.05, 0) is 24.6 Å². The maximum Gasteiger partial charge on any atom is 0.110 e. The van der Waals surface area contributed by atoms with Crippen LogP contribution >= 0.6 is 11.6 Å². The van der Waals surface area contributed by atoms with Crippen LogP contribution in [0.25, 0.3) is 16.1 Å². The van der Waals surface area contributed by atoms with Crippen molar-refractivity contribution < 1.29 is 0 Å². The summed E-state index contributed by atoms with van der Waals surface area (Å²) in [6.45, 7) is 1.89. The van der Waals surface area contributed by atoms with Gasteiger partial charge in [0.2, 0.25) is 0 Å². The van der Waals surface area contributed by atoms with Gasteiger partial charge in [-0.25, -0.2) is 4.98 Å². The van der Waals surface area contributed by atoms with E-state index in [2.05, 4.69) is 15.0 Å². The molecule has 5 nitrogen and oxygen atoms in total. The zero-order chi connectivity index (χ0) is 11.5. The average Bonchev–Trinajstić information content (AvgIpc) is 2.65. The highest BCUT2D eigenvalue weighted by Crippen LogP contribution is 2.26. The van der Waals surface area contributed by atoms with Crippen molar-refractivity contribution in [2.24, 2.45) is 5.11 Å². The van der Waals surface area contributed by atoms with Crippen LogP contribution in [-0.4, -0.2) is 9.55 Å². The highest BCUT2D eigenvalue weighted by molar-refractivity contribution is 6.32. The van der Waals surface area contributed by atoms with Crippen molar-refractivity contribution >= 4 is 17.3 Å². The first-order valence-corrected chi connectivity index (χ1v) is 4.95. The SMILES string of the molecule is Cc1nccn1-c1ccc(N=[N+]=[N-])cc1Cl. The summed E-state index contributed by atoms with van der Waals surface area (Å²) in [5.41, 5.74) is 9.62. The first kappa shape index (κ1) is 10.5. The summed E-state index contributed by atoms with van der Waals surface area (Å²) >= 11 is 6.10. The van der Waals surface area contributed by atoms with E-state index in [4.69, 9.17) is 17.1 Å². The molecule has 0 saturated carbocycles. The number of rotatable bonds is 2. The average molecular weight is 234 g/mol. The molecule has 0 fully saturated rings. The monoisotopic (exact) mass is 233 g/mol. The molecule has 2 aromatic rings. The van der Waals surface area contributed by atoms with Gasteiger partial charge in [0.1, 0.15) is 5.82 Å². The second kappa shape index (κ2) is 4.26. The van der Waals surface area contributed by atoms with Crippen LogP contribution in [0.5, 0.6) is 0 Å². The molecule has 0 N–H and O–H groups in total. The van der Waals surface area contributed by atoms with E-state index in [1.165, 1.54) is 0 Å². The lowest BCUT2D eigenvalue weighted by Crippen LogP contribution is -1.95. The minimum atomic E-state index is 0.494. The van der Waals surface area contributed by atoms with E-state index in [0.717, 1.165) is 11.5 Å². The molecular weight excluding hydrogens is 226 g/mol. The Bertz CT molecular complexity index is 568. The summed E-state index contributed by atoms with van der Waals surface area (Å²) in [5, 5.41) is 4.00. The zero-order valence-corrected chi connectivity index (χ0v) is 9.26. The molecule has 0 aliphatic heterocycles. The molecule has 0 aliphatic rings. The topological polar surface area (TPSA) is 66.6 Å². The fraction of sp³-hybridized carbons (Fsp3) is 0.100. The van der Waals surface area contributed by atoms with Crippen LogP contribution in [0.15, 0.2) is 35.7 Å². The van der Waals surface area contributed by atoms with E-state index < -0.39 is 0 Å². The van der Waals surface area contributed by atoms with Crippen molar-refractivity contribution in [3.8, 4) is 5.69 Å². The molecule has 1 heterocycles. The molecule has 0 aliphatic carbocycles. The Morgan fingerprint density at radius 2 is 2.31 bits per heavy atom. The quantitative estimate of drug-likeness (QED) is 0.442. The molecule has 0 unspecified atom stereocenters. The predicted octanol–water partition coefficient (Wildman–Crippen LogP) is 3.78. The Balaban J connectivity index is 2.52. The molecule has 0 atom stereocenters. The number of halogens is 1. The molecular formula is C10H8ClN5. The largest absolute Gasteiger partial charge is 0.302 e. The van der Waals surface area contributed by atoms with Crippen molar-refractivity contribution in [3.63, 3.8) is 0 Å². The number of hydrogen-bond donors (Lipinski definition) is 0. The van der Waals surface area contributed by atoms with Gasteiger partial charge in [-0.15, -0.1) is 0 Å². The van der Waals surface area contributed by atoms with Crippen molar-refractivity contribution in [2.75, 3.05) is 0 Å². The third kappa shape index (κ3) is 1.86. The Morgan fingerprint density at radius 1 is 1.50 bits per heavy atom. The van der Waals surface area contributed by atoms with Gasteiger partial charge >= 0.3 is 0 Å². The minimum absolute atomic E-state index is 0.494. The molecule has 0 spiro atoms. The normalized spacial score (nSPS) is 9.88. The van der Waals surface area contributed by atoms with Gasteiger partial charge in [-0.1, -0.05) is 22.8 Å². The molecule has 1 aromatic carbocycles. The Labute approximate surface area is 96.9 Å². The molecule has 6 heteroatoms. The van der Waals surface area contributed by atoms with Gasteiger partial charge in [-0.3, -0.25) is 0 Å². The van der Waals surface area contributed by atoms with Crippen LogP contribution in [0.2, 0.25) is 5.02 Å². The van der Waals surface area contributed by atoms with Crippen LogP contribution in [0.1, 0.15) is 5.82 Å². The maximum absolute atomic E-state index is 8.31. The zero-order valence-electron chi connectivity index (χ0n) is 8.50. The second-order valence-electron chi connectivity index (χ2n) is 3.17. The van der Waals surface area contributed by atoms with E-state index in [0.29, 0.717) is 10.7 Å². The van der Waals surface area contributed by atoms with Crippen molar-refractivity contribution in [1.29, 1.82) is 0 Å². The highest BCUT2D eigenvalue weighted by atomic mass is 35.5.